The number of alkyl halides is 3. The zero-order valence-electron chi connectivity index (χ0n) is 11.1. The van der Waals surface area contributed by atoms with Crippen LogP contribution in [0.1, 0.15) is 11.9 Å². The summed E-state index contributed by atoms with van der Waals surface area (Å²) >= 11 is 0. The SMILES string of the molecule is FC(F)(F)c1nnc2ccc(N3CC(n4cccn4)C3)nn12. The number of rotatable bonds is 2. The summed E-state index contributed by atoms with van der Waals surface area (Å²) in [7, 11) is 0. The molecule has 3 aromatic rings. The Morgan fingerprint density at radius 2 is 1.95 bits per heavy atom. The minimum absolute atomic E-state index is 0.0697. The zero-order chi connectivity index (χ0) is 15.3. The Labute approximate surface area is 122 Å². The zero-order valence-corrected chi connectivity index (χ0v) is 11.1. The summed E-state index contributed by atoms with van der Waals surface area (Å²) in [6.07, 6.45) is -1.03. The molecule has 4 heterocycles. The van der Waals surface area contributed by atoms with Gasteiger partial charge in [0, 0.05) is 25.5 Å². The minimum Gasteiger partial charge on any atom is -0.351 e. The van der Waals surface area contributed by atoms with Crippen molar-refractivity contribution >= 4 is 11.5 Å². The first-order chi connectivity index (χ1) is 10.5. The Morgan fingerprint density at radius 3 is 2.64 bits per heavy atom. The molecule has 114 valence electrons. The first-order valence-electron chi connectivity index (χ1n) is 6.56. The second-order valence-corrected chi connectivity index (χ2v) is 5.03. The molecule has 0 spiro atoms. The van der Waals surface area contributed by atoms with Crippen molar-refractivity contribution in [1.29, 1.82) is 0 Å². The van der Waals surface area contributed by atoms with E-state index in [1.54, 1.807) is 12.3 Å². The fraction of sp³-hybridized carbons (Fsp3) is 0.333. The average Bonchev–Trinajstić information content (AvgIpc) is 3.04. The predicted molar refractivity (Wildman–Crippen MR) is 69.3 cm³/mol. The Morgan fingerprint density at radius 1 is 1.14 bits per heavy atom. The molecular formula is C12H10F3N7. The molecular weight excluding hydrogens is 299 g/mol. The van der Waals surface area contributed by atoms with Gasteiger partial charge in [0.25, 0.3) is 5.82 Å². The monoisotopic (exact) mass is 309 g/mol. The highest BCUT2D eigenvalue weighted by Crippen LogP contribution is 2.29. The molecule has 1 fully saturated rings. The van der Waals surface area contributed by atoms with Crippen LogP contribution in [0.4, 0.5) is 19.0 Å². The molecule has 22 heavy (non-hydrogen) atoms. The maximum atomic E-state index is 12.8. The van der Waals surface area contributed by atoms with Crippen molar-refractivity contribution in [2.45, 2.75) is 12.2 Å². The normalized spacial score (nSPS) is 16.2. The summed E-state index contributed by atoms with van der Waals surface area (Å²) in [5.74, 6) is -0.658. The first kappa shape index (κ1) is 13.0. The highest BCUT2D eigenvalue weighted by atomic mass is 19.4. The maximum absolute atomic E-state index is 12.8. The Hall–Kier alpha value is -2.65. The molecule has 1 saturated heterocycles. The first-order valence-corrected chi connectivity index (χ1v) is 6.56. The number of fused-ring (bicyclic) bond motifs is 1. The quantitative estimate of drug-likeness (QED) is 0.716. The topological polar surface area (TPSA) is 64.1 Å². The summed E-state index contributed by atoms with van der Waals surface area (Å²) in [6.45, 7) is 1.29. The molecule has 0 unspecified atom stereocenters. The molecule has 1 aliphatic rings. The lowest BCUT2D eigenvalue weighted by Crippen LogP contribution is -2.48. The van der Waals surface area contributed by atoms with Gasteiger partial charge in [-0.25, -0.2) is 0 Å². The van der Waals surface area contributed by atoms with Crippen LogP contribution in [-0.4, -0.2) is 42.7 Å². The van der Waals surface area contributed by atoms with Crippen LogP contribution in [0.3, 0.4) is 0 Å². The maximum Gasteiger partial charge on any atom is 0.453 e. The van der Waals surface area contributed by atoms with E-state index in [0.717, 1.165) is 4.52 Å². The van der Waals surface area contributed by atoms with Crippen LogP contribution in [0.2, 0.25) is 0 Å². The molecule has 0 radical (unpaired) electrons. The molecule has 4 rings (SSSR count). The van der Waals surface area contributed by atoms with E-state index in [0.29, 0.717) is 18.9 Å². The van der Waals surface area contributed by atoms with Crippen molar-refractivity contribution in [2.75, 3.05) is 18.0 Å². The molecule has 0 aliphatic carbocycles. The second kappa shape index (κ2) is 4.42. The number of halogens is 3. The third-order valence-corrected chi connectivity index (χ3v) is 3.59. The Balaban J connectivity index is 1.61. The van der Waals surface area contributed by atoms with Crippen molar-refractivity contribution in [2.24, 2.45) is 0 Å². The van der Waals surface area contributed by atoms with Crippen LogP contribution in [0.15, 0.2) is 30.6 Å². The second-order valence-electron chi connectivity index (χ2n) is 5.03. The molecule has 0 aromatic carbocycles. The van der Waals surface area contributed by atoms with Gasteiger partial charge < -0.3 is 4.90 Å². The third-order valence-electron chi connectivity index (χ3n) is 3.59. The number of anilines is 1. The van der Waals surface area contributed by atoms with Crippen molar-refractivity contribution in [3.8, 4) is 0 Å². The Kier molecular flexibility index (Phi) is 2.62. The fourth-order valence-corrected chi connectivity index (χ4v) is 2.43. The van der Waals surface area contributed by atoms with E-state index in [4.69, 9.17) is 0 Å². The van der Waals surface area contributed by atoms with Crippen LogP contribution in [-0.2, 0) is 6.18 Å². The molecule has 0 bridgehead atoms. The van der Waals surface area contributed by atoms with Crippen LogP contribution in [0.5, 0.6) is 0 Å². The summed E-state index contributed by atoms with van der Waals surface area (Å²) < 4.78 is 41.1. The summed E-state index contributed by atoms with van der Waals surface area (Å²) in [5, 5.41) is 14.8. The largest absolute Gasteiger partial charge is 0.453 e. The average molecular weight is 309 g/mol. The lowest BCUT2D eigenvalue weighted by molar-refractivity contribution is -0.146. The van der Waals surface area contributed by atoms with Gasteiger partial charge in [0.1, 0.15) is 5.82 Å². The molecule has 0 N–H and O–H groups in total. The molecule has 0 amide bonds. The van der Waals surface area contributed by atoms with E-state index >= 15 is 0 Å². The van der Waals surface area contributed by atoms with Gasteiger partial charge in [-0.15, -0.1) is 15.3 Å². The molecule has 3 aromatic heterocycles. The van der Waals surface area contributed by atoms with Gasteiger partial charge in [-0.2, -0.15) is 22.8 Å². The molecule has 0 saturated carbocycles. The van der Waals surface area contributed by atoms with Crippen LogP contribution < -0.4 is 4.90 Å². The molecule has 1 aliphatic heterocycles. The van der Waals surface area contributed by atoms with Crippen molar-refractivity contribution in [3.63, 3.8) is 0 Å². The molecule has 10 heteroatoms. The fourth-order valence-electron chi connectivity index (χ4n) is 2.43. The molecule has 0 atom stereocenters. The van der Waals surface area contributed by atoms with Crippen LogP contribution in [0.25, 0.3) is 5.65 Å². The van der Waals surface area contributed by atoms with Gasteiger partial charge in [0.2, 0.25) is 0 Å². The van der Waals surface area contributed by atoms with Gasteiger partial charge in [0.05, 0.1) is 6.04 Å². The van der Waals surface area contributed by atoms with E-state index in [1.165, 1.54) is 6.07 Å². The van der Waals surface area contributed by atoms with Gasteiger partial charge in [-0.3, -0.25) is 4.68 Å². The Bertz CT molecular complexity index is 802. The van der Waals surface area contributed by atoms with E-state index in [2.05, 4.69) is 20.4 Å². The van der Waals surface area contributed by atoms with E-state index in [-0.39, 0.29) is 11.7 Å². The van der Waals surface area contributed by atoms with E-state index in [1.807, 2.05) is 21.8 Å². The van der Waals surface area contributed by atoms with Crippen LogP contribution in [0, 0.1) is 0 Å². The number of hydrogen-bond acceptors (Lipinski definition) is 5. The summed E-state index contributed by atoms with van der Waals surface area (Å²) in [5.41, 5.74) is 0.0697. The smallest absolute Gasteiger partial charge is 0.351 e. The lowest BCUT2D eigenvalue weighted by atomic mass is 10.1. The van der Waals surface area contributed by atoms with Gasteiger partial charge in [-0.1, -0.05) is 0 Å². The lowest BCUT2D eigenvalue weighted by Gasteiger charge is -2.39. The standard InChI is InChI=1S/C12H10F3N7/c13-12(14,15)11-18-17-9-2-3-10(19-22(9)11)20-6-8(7-20)21-5-1-4-16-21/h1-5,8H,6-7H2. The highest BCUT2D eigenvalue weighted by molar-refractivity contribution is 5.47. The van der Waals surface area contributed by atoms with Gasteiger partial charge in [-0.05, 0) is 18.2 Å². The number of hydrogen-bond donors (Lipinski definition) is 0. The number of aromatic nitrogens is 6. The van der Waals surface area contributed by atoms with Gasteiger partial charge in [0.15, 0.2) is 5.65 Å². The predicted octanol–water partition coefficient (Wildman–Crippen LogP) is 1.40. The minimum atomic E-state index is -4.59. The van der Waals surface area contributed by atoms with Crippen molar-refractivity contribution in [1.82, 2.24) is 29.6 Å². The van der Waals surface area contributed by atoms with Crippen molar-refractivity contribution < 1.29 is 13.2 Å². The third kappa shape index (κ3) is 1.98. The summed E-state index contributed by atoms with van der Waals surface area (Å²) in [6, 6.07) is 5.16. The van der Waals surface area contributed by atoms with Crippen LogP contribution >= 0.6 is 0 Å². The van der Waals surface area contributed by atoms with E-state index in [9.17, 15) is 13.2 Å². The van der Waals surface area contributed by atoms with E-state index < -0.39 is 12.0 Å². The van der Waals surface area contributed by atoms with Crippen molar-refractivity contribution in [3.05, 3.63) is 36.4 Å². The highest BCUT2D eigenvalue weighted by Gasteiger charge is 2.38. The number of nitrogens with zero attached hydrogens (tertiary/aromatic N) is 7. The molecule has 7 nitrogen and oxygen atoms in total. The van der Waals surface area contributed by atoms with Gasteiger partial charge >= 0.3 is 6.18 Å². The summed E-state index contributed by atoms with van der Waals surface area (Å²) in [4.78, 5) is 1.88.